The molecule has 3 aromatic rings. The molecule has 1 atom stereocenters. The zero-order valence-corrected chi connectivity index (χ0v) is 17.7. The van der Waals surface area contributed by atoms with Crippen LogP contribution in [0.5, 0.6) is 5.75 Å². The SMILES string of the molecule is O=C1[C@@H](Cc2ccccc2OCc2cccc(F)c2)SC(=S)N1Cc1cccnc1. The summed E-state index contributed by atoms with van der Waals surface area (Å²) in [7, 11) is 0. The van der Waals surface area contributed by atoms with Gasteiger partial charge < -0.3 is 4.74 Å². The highest BCUT2D eigenvalue weighted by molar-refractivity contribution is 8.24. The molecule has 0 spiro atoms. The average molecular weight is 439 g/mol. The minimum atomic E-state index is -0.298. The Morgan fingerprint density at radius 3 is 2.73 bits per heavy atom. The van der Waals surface area contributed by atoms with E-state index >= 15 is 0 Å². The maximum absolute atomic E-state index is 13.4. The van der Waals surface area contributed by atoms with Crippen molar-refractivity contribution in [2.75, 3.05) is 0 Å². The summed E-state index contributed by atoms with van der Waals surface area (Å²) >= 11 is 6.85. The number of carbonyl (C=O) groups is 1. The smallest absolute Gasteiger partial charge is 0.242 e. The summed E-state index contributed by atoms with van der Waals surface area (Å²) in [6.45, 7) is 0.679. The number of hydrogen-bond donors (Lipinski definition) is 0. The van der Waals surface area contributed by atoms with E-state index in [1.54, 1.807) is 23.4 Å². The summed E-state index contributed by atoms with van der Waals surface area (Å²) in [6, 6.07) is 17.7. The molecule has 7 heteroatoms. The molecule has 1 amide bonds. The van der Waals surface area contributed by atoms with Crippen molar-refractivity contribution in [2.24, 2.45) is 0 Å². The van der Waals surface area contributed by atoms with Crippen LogP contribution in [-0.2, 0) is 24.4 Å². The molecule has 2 aromatic carbocycles. The molecule has 1 saturated heterocycles. The van der Waals surface area contributed by atoms with Crippen LogP contribution < -0.4 is 4.74 Å². The number of thiocarbonyl (C=S) groups is 1. The highest BCUT2D eigenvalue weighted by Gasteiger charge is 2.37. The van der Waals surface area contributed by atoms with Gasteiger partial charge in [-0.15, -0.1) is 0 Å². The van der Waals surface area contributed by atoms with Crippen molar-refractivity contribution in [3.8, 4) is 5.75 Å². The molecule has 0 aliphatic carbocycles. The van der Waals surface area contributed by atoms with E-state index in [-0.39, 0.29) is 23.6 Å². The van der Waals surface area contributed by atoms with Crippen molar-refractivity contribution in [3.05, 3.63) is 95.6 Å². The van der Waals surface area contributed by atoms with Crippen molar-refractivity contribution in [3.63, 3.8) is 0 Å². The fraction of sp³-hybridized carbons (Fsp3) is 0.174. The van der Waals surface area contributed by atoms with Crippen molar-refractivity contribution in [1.82, 2.24) is 9.88 Å². The number of benzene rings is 2. The van der Waals surface area contributed by atoms with E-state index in [2.05, 4.69) is 4.98 Å². The number of carbonyl (C=O) groups excluding carboxylic acids is 1. The lowest BCUT2D eigenvalue weighted by molar-refractivity contribution is -0.126. The number of rotatable bonds is 7. The fourth-order valence-electron chi connectivity index (χ4n) is 3.25. The van der Waals surface area contributed by atoms with Gasteiger partial charge in [0.2, 0.25) is 5.91 Å². The van der Waals surface area contributed by atoms with Gasteiger partial charge in [0.25, 0.3) is 0 Å². The first-order valence-electron chi connectivity index (χ1n) is 9.46. The summed E-state index contributed by atoms with van der Waals surface area (Å²) in [6.07, 6.45) is 3.95. The highest BCUT2D eigenvalue weighted by atomic mass is 32.2. The molecule has 0 unspecified atom stereocenters. The summed E-state index contributed by atoms with van der Waals surface area (Å²) in [5, 5.41) is -0.298. The predicted molar refractivity (Wildman–Crippen MR) is 120 cm³/mol. The van der Waals surface area contributed by atoms with Crippen molar-refractivity contribution < 1.29 is 13.9 Å². The molecule has 1 aromatic heterocycles. The molecule has 152 valence electrons. The summed E-state index contributed by atoms with van der Waals surface area (Å²) < 4.78 is 19.9. The molecule has 0 saturated carbocycles. The zero-order chi connectivity index (χ0) is 20.9. The lowest BCUT2D eigenvalue weighted by Crippen LogP contribution is -2.31. The van der Waals surface area contributed by atoms with Gasteiger partial charge in [-0.05, 0) is 47.4 Å². The first kappa shape index (κ1) is 20.5. The minimum Gasteiger partial charge on any atom is -0.489 e. The summed E-state index contributed by atoms with van der Waals surface area (Å²) in [5.74, 6) is 0.389. The summed E-state index contributed by atoms with van der Waals surface area (Å²) in [4.78, 5) is 18.7. The van der Waals surface area contributed by atoms with Crippen LogP contribution in [0.1, 0.15) is 16.7 Å². The quantitative estimate of drug-likeness (QED) is 0.497. The largest absolute Gasteiger partial charge is 0.489 e. The number of halogens is 1. The highest BCUT2D eigenvalue weighted by Crippen LogP contribution is 2.33. The van der Waals surface area contributed by atoms with E-state index in [1.165, 1.54) is 23.9 Å². The Kier molecular flexibility index (Phi) is 6.40. The van der Waals surface area contributed by atoms with Crippen molar-refractivity contribution in [1.29, 1.82) is 0 Å². The van der Waals surface area contributed by atoms with Crippen molar-refractivity contribution >= 4 is 34.2 Å². The van der Waals surface area contributed by atoms with E-state index in [0.717, 1.165) is 16.7 Å². The van der Waals surface area contributed by atoms with Crippen LogP contribution in [0.3, 0.4) is 0 Å². The zero-order valence-electron chi connectivity index (χ0n) is 16.0. The molecule has 1 fully saturated rings. The van der Waals surface area contributed by atoms with Crippen LogP contribution in [0.2, 0.25) is 0 Å². The van der Waals surface area contributed by atoms with Crippen LogP contribution in [0.4, 0.5) is 4.39 Å². The molecule has 0 N–H and O–H groups in total. The number of nitrogens with zero attached hydrogens (tertiary/aromatic N) is 2. The fourth-order valence-corrected chi connectivity index (χ4v) is 4.77. The molecule has 0 radical (unpaired) electrons. The van der Waals surface area contributed by atoms with Gasteiger partial charge in [-0.2, -0.15) is 0 Å². The normalized spacial score (nSPS) is 16.2. The lowest BCUT2D eigenvalue weighted by atomic mass is 10.1. The Bertz CT molecular complexity index is 1060. The Morgan fingerprint density at radius 1 is 1.10 bits per heavy atom. The molecular weight excluding hydrogens is 419 g/mol. The van der Waals surface area contributed by atoms with Gasteiger partial charge in [0, 0.05) is 12.4 Å². The number of pyridine rings is 1. The standard InChI is InChI=1S/C23H19FN2O2S2/c24-19-8-3-5-16(11-19)15-28-20-9-2-1-7-18(20)12-21-22(27)26(23(29)30-21)14-17-6-4-10-25-13-17/h1-11,13,21H,12,14-15H2/t21-/m1/s1. The number of para-hydroxylation sites is 1. The van der Waals surface area contributed by atoms with Gasteiger partial charge in [0.15, 0.2) is 0 Å². The molecule has 4 nitrogen and oxygen atoms in total. The second kappa shape index (κ2) is 9.36. The number of hydrogen-bond acceptors (Lipinski definition) is 5. The monoisotopic (exact) mass is 438 g/mol. The predicted octanol–water partition coefficient (Wildman–Crippen LogP) is 4.77. The Labute approximate surface area is 184 Å². The molecule has 30 heavy (non-hydrogen) atoms. The van der Waals surface area contributed by atoms with Crippen LogP contribution in [0.15, 0.2) is 73.1 Å². The second-order valence-corrected chi connectivity index (χ2v) is 8.73. The second-order valence-electron chi connectivity index (χ2n) is 6.89. The van der Waals surface area contributed by atoms with E-state index in [0.29, 0.717) is 23.0 Å². The van der Waals surface area contributed by atoms with Gasteiger partial charge in [0.1, 0.15) is 22.5 Å². The van der Waals surface area contributed by atoms with E-state index in [9.17, 15) is 9.18 Å². The van der Waals surface area contributed by atoms with E-state index in [1.807, 2.05) is 42.5 Å². The first-order valence-corrected chi connectivity index (χ1v) is 10.7. The maximum Gasteiger partial charge on any atom is 0.242 e. The molecule has 1 aliphatic rings. The molecular formula is C23H19FN2O2S2. The third kappa shape index (κ3) is 4.86. The van der Waals surface area contributed by atoms with Crippen LogP contribution in [0, 0.1) is 5.82 Å². The first-order chi connectivity index (χ1) is 14.6. The number of amides is 1. The van der Waals surface area contributed by atoms with Gasteiger partial charge in [-0.25, -0.2) is 4.39 Å². The minimum absolute atomic E-state index is 0.00575. The van der Waals surface area contributed by atoms with Gasteiger partial charge >= 0.3 is 0 Å². The van der Waals surface area contributed by atoms with E-state index in [4.69, 9.17) is 17.0 Å². The average Bonchev–Trinajstić information content (AvgIpc) is 3.01. The lowest BCUT2D eigenvalue weighted by Gasteiger charge is -2.16. The van der Waals surface area contributed by atoms with Crippen LogP contribution in [0.25, 0.3) is 0 Å². The number of thioether (sulfide) groups is 1. The van der Waals surface area contributed by atoms with E-state index < -0.39 is 0 Å². The third-order valence-electron chi connectivity index (χ3n) is 4.73. The van der Waals surface area contributed by atoms with Gasteiger partial charge in [-0.1, -0.05) is 60.4 Å². The molecule has 2 heterocycles. The Morgan fingerprint density at radius 2 is 1.93 bits per heavy atom. The van der Waals surface area contributed by atoms with Gasteiger partial charge in [0.05, 0.1) is 11.8 Å². The van der Waals surface area contributed by atoms with Crippen LogP contribution in [-0.4, -0.2) is 25.4 Å². The molecule has 0 bridgehead atoms. The number of ether oxygens (including phenoxy) is 1. The Balaban J connectivity index is 1.44. The van der Waals surface area contributed by atoms with Crippen molar-refractivity contribution in [2.45, 2.75) is 24.8 Å². The van der Waals surface area contributed by atoms with Gasteiger partial charge in [-0.3, -0.25) is 14.7 Å². The number of aromatic nitrogens is 1. The Hall–Kier alpha value is -2.77. The molecule has 4 rings (SSSR count). The molecule has 1 aliphatic heterocycles. The third-order valence-corrected chi connectivity index (χ3v) is 6.31. The maximum atomic E-state index is 13.4. The topological polar surface area (TPSA) is 42.4 Å². The van der Waals surface area contributed by atoms with Crippen LogP contribution >= 0.6 is 24.0 Å². The summed E-state index contributed by atoms with van der Waals surface area (Å²) in [5.41, 5.74) is 2.61.